The second-order valence-corrected chi connectivity index (χ2v) is 6.94. The van der Waals surface area contributed by atoms with Crippen molar-refractivity contribution in [2.75, 3.05) is 38.8 Å². The number of halogens is 1. The topological polar surface area (TPSA) is 78.4 Å². The molecule has 2 aromatic rings. The summed E-state index contributed by atoms with van der Waals surface area (Å²) in [5.41, 5.74) is 1.84. The third-order valence-electron chi connectivity index (χ3n) is 4.99. The Hall–Kier alpha value is -2.36. The summed E-state index contributed by atoms with van der Waals surface area (Å²) in [6.07, 6.45) is 1.01. The van der Waals surface area contributed by atoms with Crippen LogP contribution in [0, 0.1) is 0 Å². The van der Waals surface area contributed by atoms with Crippen molar-refractivity contribution in [2.45, 2.75) is 25.9 Å². The third-order valence-corrected chi connectivity index (χ3v) is 4.99. The number of hydrogen-bond acceptors (Lipinski definition) is 5. The van der Waals surface area contributed by atoms with Crippen molar-refractivity contribution in [1.82, 2.24) is 10.6 Å². The number of benzene rings is 2. The molecule has 0 saturated carbocycles. The van der Waals surface area contributed by atoms with E-state index in [1.54, 1.807) is 32.4 Å². The Morgan fingerprint density at radius 2 is 2.00 bits per heavy atom. The van der Waals surface area contributed by atoms with Gasteiger partial charge in [-0.1, -0.05) is 12.1 Å². The molecule has 1 heterocycles. The van der Waals surface area contributed by atoms with Gasteiger partial charge in [0.15, 0.2) is 5.96 Å². The highest BCUT2D eigenvalue weighted by molar-refractivity contribution is 14.0. The number of aromatic hydroxyl groups is 1. The monoisotopic (exact) mass is 526 g/mol. The number of para-hydroxylation sites is 2. The molecule has 0 aromatic heterocycles. The van der Waals surface area contributed by atoms with Crippen molar-refractivity contribution < 1.29 is 14.6 Å². The predicted molar refractivity (Wildman–Crippen MR) is 132 cm³/mol. The number of guanidine groups is 1. The molecule has 3 rings (SSSR count). The number of phenolic OH excluding ortho intramolecular Hbond substituents is 1. The largest absolute Gasteiger partial charge is 0.508 e. The van der Waals surface area contributed by atoms with Gasteiger partial charge in [0.1, 0.15) is 17.2 Å². The van der Waals surface area contributed by atoms with Gasteiger partial charge in [-0.2, -0.15) is 0 Å². The first-order valence-electron chi connectivity index (χ1n) is 9.93. The number of rotatable bonds is 7. The van der Waals surface area contributed by atoms with Crippen LogP contribution in [0.3, 0.4) is 0 Å². The van der Waals surface area contributed by atoms with Gasteiger partial charge in [-0.25, -0.2) is 4.99 Å². The molecule has 1 saturated heterocycles. The van der Waals surface area contributed by atoms with E-state index in [2.05, 4.69) is 26.6 Å². The maximum Gasteiger partial charge on any atom is 0.191 e. The standard InChI is InChI=1S/C22H30N4O3.HI/c1-4-23-22(24-14-16-13-18(28-2)9-10-20(16)27)25-17-11-12-26(15-17)19-7-5-6-8-21(19)29-3;/h5-10,13,17,27H,4,11-12,14-15H2,1-3H3,(H2,23,24,25);1H. The van der Waals surface area contributed by atoms with Crippen molar-refractivity contribution in [3.8, 4) is 17.2 Å². The average Bonchev–Trinajstić information content (AvgIpc) is 3.21. The molecular formula is C22H31IN4O3. The van der Waals surface area contributed by atoms with Crippen LogP contribution >= 0.6 is 24.0 Å². The lowest BCUT2D eigenvalue weighted by Crippen LogP contribution is -2.44. The summed E-state index contributed by atoms with van der Waals surface area (Å²) in [6, 6.07) is 13.5. The Morgan fingerprint density at radius 3 is 2.73 bits per heavy atom. The maximum atomic E-state index is 10.1. The minimum absolute atomic E-state index is 0. The van der Waals surface area contributed by atoms with Gasteiger partial charge in [0.2, 0.25) is 0 Å². The van der Waals surface area contributed by atoms with Gasteiger partial charge >= 0.3 is 0 Å². The lowest BCUT2D eigenvalue weighted by molar-refractivity contribution is 0.411. The summed E-state index contributed by atoms with van der Waals surface area (Å²) in [6.45, 7) is 4.99. The molecule has 0 radical (unpaired) electrons. The molecule has 0 aliphatic carbocycles. The molecule has 8 heteroatoms. The number of anilines is 1. The van der Waals surface area contributed by atoms with E-state index in [1.165, 1.54) is 0 Å². The fourth-order valence-electron chi connectivity index (χ4n) is 3.48. The van der Waals surface area contributed by atoms with E-state index in [1.807, 2.05) is 25.1 Å². The molecule has 1 aliphatic rings. The number of hydrogen-bond donors (Lipinski definition) is 3. The van der Waals surface area contributed by atoms with E-state index in [4.69, 9.17) is 9.47 Å². The van der Waals surface area contributed by atoms with Gasteiger partial charge in [-0.05, 0) is 43.7 Å². The van der Waals surface area contributed by atoms with Crippen LogP contribution in [0.5, 0.6) is 17.2 Å². The van der Waals surface area contributed by atoms with Gasteiger partial charge in [0.25, 0.3) is 0 Å². The predicted octanol–water partition coefficient (Wildman–Crippen LogP) is 3.36. The van der Waals surface area contributed by atoms with E-state index in [9.17, 15) is 5.11 Å². The van der Waals surface area contributed by atoms with Crippen LogP contribution in [0.2, 0.25) is 0 Å². The zero-order chi connectivity index (χ0) is 20.6. The van der Waals surface area contributed by atoms with E-state index in [0.29, 0.717) is 12.3 Å². The molecule has 1 unspecified atom stereocenters. The first-order chi connectivity index (χ1) is 14.1. The number of phenols is 1. The molecule has 0 bridgehead atoms. The Bertz CT molecular complexity index is 847. The highest BCUT2D eigenvalue weighted by Gasteiger charge is 2.25. The summed E-state index contributed by atoms with van der Waals surface area (Å²) in [5.74, 6) is 2.55. The highest BCUT2D eigenvalue weighted by atomic mass is 127. The zero-order valence-electron chi connectivity index (χ0n) is 17.7. The average molecular weight is 526 g/mol. The lowest BCUT2D eigenvalue weighted by atomic mass is 10.2. The Balaban J connectivity index is 0.00000320. The van der Waals surface area contributed by atoms with Gasteiger partial charge < -0.3 is 30.1 Å². The van der Waals surface area contributed by atoms with E-state index >= 15 is 0 Å². The number of ether oxygens (including phenoxy) is 2. The van der Waals surface area contributed by atoms with Crippen LogP contribution in [0.4, 0.5) is 5.69 Å². The second kappa shape index (κ2) is 11.7. The molecule has 0 spiro atoms. The minimum atomic E-state index is 0. The van der Waals surface area contributed by atoms with Crippen LogP contribution in [0.25, 0.3) is 0 Å². The van der Waals surface area contributed by atoms with Gasteiger partial charge in [-0.15, -0.1) is 24.0 Å². The molecule has 1 fully saturated rings. The van der Waals surface area contributed by atoms with Crippen LogP contribution in [0.15, 0.2) is 47.5 Å². The zero-order valence-corrected chi connectivity index (χ0v) is 20.1. The number of nitrogens with zero attached hydrogens (tertiary/aromatic N) is 2. The molecule has 164 valence electrons. The number of aliphatic imine (C=N–C) groups is 1. The fourth-order valence-corrected chi connectivity index (χ4v) is 3.48. The Morgan fingerprint density at radius 1 is 1.20 bits per heavy atom. The quantitative estimate of drug-likeness (QED) is 0.292. The summed E-state index contributed by atoms with van der Waals surface area (Å²) in [4.78, 5) is 6.98. The van der Waals surface area contributed by atoms with E-state index < -0.39 is 0 Å². The van der Waals surface area contributed by atoms with Gasteiger partial charge in [-0.3, -0.25) is 0 Å². The first kappa shape index (κ1) is 23.9. The van der Waals surface area contributed by atoms with Crippen LogP contribution in [-0.2, 0) is 6.54 Å². The third kappa shape index (κ3) is 6.07. The lowest BCUT2D eigenvalue weighted by Gasteiger charge is -2.22. The molecule has 7 nitrogen and oxygen atoms in total. The Kier molecular flexibility index (Phi) is 9.35. The molecule has 1 aliphatic heterocycles. The van der Waals surface area contributed by atoms with Crippen molar-refractivity contribution in [2.24, 2.45) is 4.99 Å². The minimum Gasteiger partial charge on any atom is -0.508 e. The number of methoxy groups -OCH3 is 2. The first-order valence-corrected chi connectivity index (χ1v) is 9.93. The van der Waals surface area contributed by atoms with E-state index in [0.717, 1.165) is 49.0 Å². The molecule has 2 aromatic carbocycles. The van der Waals surface area contributed by atoms with Crippen LogP contribution in [0.1, 0.15) is 18.9 Å². The Labute approximate surface area is 195 Å². The van der Waals surface area contributed by atoms with Crippen molar-refractivity contribution in [3.63, 3.8) is 0 Å². The van der Waals surface area contributed by atoms with Gasteiger partial charge in [0, 0.05) is 31.2 Å². The normalized spacial score (nSPS) is 16.0. The van der Waals surface area contributed by atoms with Crippen molar-refractivity contribution in [1.29, 1.82) is 0 Å². The van der Waals surface area contributed by atoms with Crippen molar-refractivity contribution in [3.05, 3.63) is 48.0 Å². The van der Waals surface area contributed by atoms with Crippen molar-refractivity contribution >= 4 is 35.6 Å². The smallest absolute Gasteiger partial charge is 0.191 e. The second-order valence-electron chi connectivity index (χ2n) is 6.94. The highest BCUT2D eigenvalue weighted by Crippen LogP contribution is 2.30. The van der Waals surface area contributed by atoms with Crippen LogP contribution < -0.4 is 25.0 Å². The summed E-state index contributed by atoms with van der Waals surface area (Å²) >= 11 is 0. The van der Waals surface area contributed by atoms with E-state index in [-0.39, 0.29) is 35.8 Å². The molecule has 3 N–H and O–H groups in total. The maximum absolute atomic E-state index is 10.1. The molecule has 1 atom stereocenters. The van der Waals surface area contributed by atoms with Crippen LogP contribution in [-0.4, -0.2) is 51.0 Å². The number of nitrogens with one attached hydrogen (secondary N) is 2. The molecule has 30 heavy (non-hydrogen) atoms. The SMILES string of the molecule is CCNC(=NCc1cc(OC)ccc1O)NC1CCN(c2ccccc2OC)C1.I. The summed E-state index contributed by atoms with van der Waals surface area (Å²) < 4.78 is 10.7. The fraction of sp³-hybridized carbons (Fsp3) is 0.409. The molecular weight excluding hydrogens is 495 g/mol. The summed E-state index contributed by atoms with van der Waals surface area (Å²) in [5, 5.41) is 16.9. The molecule has 0 amide bonds. The summed E-state index contributed by atoms with van der Waals surface area (Å²) in [7, 11) is 3.31. The van der Waals surface area contributed by atoms with Gasteiger partial charge in [0.05, 0.1) is 26.5 Å².